The summed E-state index contributed by atoms with van der Waals surface area (Å²) in [6.45, 7) is 1.13. The Hall–Kier alpha value is -4.02. The molecule has 0 saturated carbocycles. The van der Waals surface area contributed by atoms with Crippen molar-refractivity contribution in [1.82, 2.24) is 14.5 Å². The van der Waals surface area contributed by atoms with Crippen molar-refractivity contribution >= 4 is 34.4 Å². The van der Waals surface area contributed by atoms with Gasteiger partial charge in [-0.25, -0.2) is 14.4 Å². The Labute approximate surface area is 207 Å². The topological polar surface area (TPSA) is 99.5 Å². The molecule has 0 spiro atoms. The summed E-state index contributed by atoms with van der Waals surface area (Å²) in [4.78, 5) is 20.6. The number of carbonyl (C=O) groups excluding carboxylic acids is 1. The molecule has 2 N–H and O–H groups in total. The average molecular weight is 492 g/mol. The summed E-state index contributed by atoms with van der Waals surface area (Å²) in [7, 11) is 3.36. The van der Waals surface area contributed by atoms with E-state index in [1.54, 1.807) is 24.4 Å². The lowest BCUT2D eigenvalue weighted by Crippen LogP contribution is -2.17. The first-order valence-corrected chi connectivity index (χ1v) is 11.5. The fourth-order valence-electron chi connectivity index (χ4n) is 4.19. The fraction of sp³-hybridized carbons (Fsp3) is 0.269. The molecule has 2 aromatic heterocycles. The second kappa shape index (κ2) is 10.3. The first-order chi connectivity index (χ1) is 17.5. The number of ether oxygens (including phenoxy) is 3. The van der Waals surface area contributed by atoms with Crippen LogP contribution < -0.4 is 15.4 Å². The molecule has 0 bridgehead atoms. The quantitative estimate of drug-likeness (QED) is 0.368. The van der Waals surface area contributed by atoms with Gasteiger partial charge in [-0.05, 0) is 48.4 Å². The Morgan fingerprint density at radius 1 is 1.19 bits per heavy atom. The van der Waals surface area contributed by atoms with Gasteiger partial charge in [0.15, 0.2) is 0 Å². The standard InChI is InChI=1S/C26H26FN5O4/c1-32-23-6-4-18(36-19-7-9-28-24(13-19)31-25(33)15-34-2)12-22(23)30-26(32)29-17-3-5-21(27)20(11-17)16-8-10-35-14-16/h3-7,9,11-13,16H,8,10,14-15H2,1-2H3,(H,29,30)(H,28,31,33). The monoisotopic (exact) mass is 491 g/mol. The molecule has 0 aliphatic carbocycles. The lowest BCUT2D eigenvalue weighted by atomic mass is 9.97. The van der Waals surface area contributed by atoms with E-state index in [9.17, 15) is 9.18 Å². The lowest BCUT2D eigenvalue weighted by molar-refractivity contribution is -0.119. The number of methoxy groups -OCH3 is 1. The maximum Gasteiger partial charge on any atom is 0.251 e. The van der Waals surface area contributed by atoms with Crippen molar-refractivity contribution in [2.24, 2.45) is 7.05 Å². The molecular weight excluding hydrogens is 465 g/mol. The zero-order chi connectivity index (χ0) is 25.1. The van der Waals surface area contributed by atoms with Gasteiger partial charge in [-0.1, -0.05) is 0 Å². The summed E-state index contributed by atoms with van der Waals surface area (Å²) in [6, 6.07) is 13.9. The Morgan fingerprint density at radius 3 is 2.86 bits per heavy atom. The molecule has 36 heavy (non-hydrogen) atoms. The average Bonchev–Trinajstić information content (AvgIpc) is 3.49. The van der Waals surface area contributed by atoms with Gasteiger partial charge in [0.2, 0.25) is 5.95 Å². The van der Waals surface area contributed by atoms with E-state index in [-0.39, 0.29) is 24.2 Å². The maximum absolute atomic E-state index is 14.4. The highest BCUT2D eigenvalue weighted by atomic mass is 19.1. The predicted molar refractivity (Wildman–Crippen MR) is 133 cm³/mol. The van der Waals surface area contributed by atoms with Crippen molar-refractivity contribution in [3.63, 3.8) is 0 Å². The second-order valence-corrected chi connectivity index (χ2v) is 8.53. The zero-order valence-electron chi connectivity index (χ0n) is 20.0. The normalized spacial score (nSPS) is 15.2. The summed E-state index contributed by atoms with van der Waals surface area (Å²) >= 11 is 0. The van der Waals surface area contributed by atoms with Gasteiger partial charge in [-0.15, -0.1) is 0 Å². The number of hydrogen-bond acceptors (Lipinski definition) is 7. The van der Waals surface area contributed by atoms with Crippen LogP contribution in [0.4, 0.5) is 21.8 Å². The number of aryl methyl sites for hydroxylation is 1. The highest BCUT2D eigenvalue weighted by Crippen LogP contribution is 2.32. The minimum absolute atomic E-state index is 0.0618. The second-order valence-electron chi connectivity index (χ2n) is 8.53. The molecular formula is C26H26FN5O4. The molecule has 2 aromatic carbocycles. The first kappa shape index (κ1) is 23.7. The summed E-state index contributed by atoms with van der Waals surface area (Å²) in [5.41, 5.74) is 3.04. The molecule has 1 unspecified atom stereocenters. The van der Waals surface area contributed by atoms with Gasteiger partial charge < -0.3 is 29.4 Å². The highest BCUT2D eigenvalue weighted by Gasteiger charge is 2.21. The van der Waals surface area contributed by atoms with Crippen LogP contribution in [0.2, 0.25) is 0 Å². The van der Waals surface area contributed by atoms with Crippen LogP contribution in [0.15, 0.2) is 54.7 Å². The molecule has 5 rings (SSSR count). The van der Waals surface area contributed by atoms with E-state index in [4.69, 9.17) is 19.2 Å². The lowest BCUT2D eigenvalue weighted by Gasteiger charge is -2.13. The molecule has 1 fully saturated rings. The predicted octanol–water partition coefficient (Wildman–Crippen LogP) is 4.73. The number of pyridine rings is 1. The number of nitrogens with zero attached hydrogens (tertiary/aromatic N) is 3. The van der Waals surface area contributed by atoms with Crippen molar-refractivity contribution in [1.29, 1.82) is 0 Å². The smallest absolute Gasteiger partial charge is 0.251 e. The molecule has 1 saturated heterocycles. The van der Waals surface area contributed by atoms with E-state index < -0.39 is 0 Å². The number of rotatable bonds is 8. The molecule has 4 aromatic rings. The van der Waals surface area contributed by atoms with E-state index in [1.165, 1.54) is 13.2 Å². The maximum atomic E-state index is 14.4. The Kier molecular flexibility index (Phi) is 6.79. The van der Waals surface area contributed by atoms with Crippen molar-refractivity contribution < 1.29 is 23.4 Å². The largest absolute Gasteiger partial charge is 0.457 e. The third-order valence-electron chi connectivity index (χ3n) is 5.98. The third kappa shape index (κ3) is 5.14. The number of imidazole rings is 1. The van der Waals surface area contributed by atoms with Gasteiger partial charge in [0.1, 0.15) is 29.7 Å². The van der Waals surface area contributed by atoms with Crippen LogP contribution in [0.3, 0.4) is 0 Å². The summed E-state index contributed by atoms with van der Waals surface area (Å²) in [5.74, 6) is 1.62. The van der Waals surface area contributed by atoms with Crippen molar-refractivity contribution in [3.05, 3.63) is 66.1 Å². The Bertz CT molecular complexity index is 1400. The Balaban J connectivity index is 1.34. The number of aromatic nitrogens is 3. The summed E-state index contributed by atoms with van der Waals surface area (Å²) in [6.07, 6.45) is 2.36. The van der Waals surface area contributed by atoms with Crippen LogP contribution >= 0.6 is 0 Å². The van der Waals surface area contributed by atoms with Crippen molar-refractivity contribution in [3.8, 4) is 11.5 Å². The Morgan fingerprint density at radius 2 is 2.06 bits per heavy atom. The molecule has 9 nitrogen and oxygen atoms in total. The van der Waals surface area contributed by atoms with Gasteiger partial charge in [0.05, 0.1) is 17.6 Å². The van der Waals surface area contributed by atoms with Crippen LogP contribution in [0.25, 0.3) is 11.0 Å². The van der Waals surface area contributed by atoms with Crippen LogP contribution in [0.1, 0.15) is 17.9 Å². The number of carbonyl (C=O) groups is 1. The molecule has 1 aliphatic heterocycles. The first-order valence-electron chi connectivity index (χ1n) is 11.5. The zero-order valence-corrected chi connectivity index (χ0v) is 20.0. The molecule has 1 amide bonds. The summed E-state index contributed by atoms with van der Waals surface area (Å²) < 4.78 is 32.6. The molecule has 0 radical (unpaired) electrons. The number of halogens is 1. The molecule has 1 atom stereocenters. The van der Waals surface area contributed by atoms with Gasteiger partial charge >= 0.3 is 0 Å². The fourth-order valence-corrected chi connectivity index (χ4v) is 4.19. The summed E-state index contributed by atoms with van der Waals surface area (Å²) in [5, 5.41) is 5.95. The number of anilines is 3. The van der Waals surface area contributed by atoms with Crippen molar-refractivity contribution in [2.45, 2.75) is 12.3 Å². The number of hydrogen-bond donors (Lipinski definition) is 2. The minimum Gasteiger partial charge on any atom is -0.457 e. The number of nitrogens with one attached hydrogen (secondary N) is 2. The van der Waals surface area contributed by atoms with Crippen LogP contribution in [0.5, 0.6) is 11.5 Å². The highest BCUT2D eigenvalue weighted by molar-refractivity contribution is 5.90. The number of benzene rings is 2. The molecule has 1 aliphatic rings. The SMILES string of the molecule is COCC(=O)Nc1cc(Oc2ccc3c(c2)nc(Nc2ccc(F)c(C4CCOC4)c2)n3C)ccn1. The van der Waals surface area contributed by atoms with Crippen LogP contribution in [-0.4, -0.2) is 47.4 Å². The molecule has 10 heteroatoms. The van der Waals surface area contributed by atoms with Gasteiger partial charge in [-0.3, -0.25) is 4.79 Å². The third-order valence-corrected chi connectivity index (χ3v) is 5.98. The van der Waals surface area contributed by atoms with E-state index in [1.807, 2.05) is 35.9 Å². The van der Waals surface area contributed by atoms with Gasteiger partial charge in [0.25, 0.3) is 5.91 Å². The van der Waals surface area contributed by atoms with Crippen LogP contribution in [0, 0.1) is 5.82 Å². The molecule has 186 valence electrons. The minimum atomic E-state index is -0.304. The van der Waals surface area contributed by atoms with E-state index in [0.717, 1.165) is 23.1 Å². The van der Waals surface area contributed by atoms with E-state index in [0.29, 0.717) is 42.0 Å². The number of amides is 1. The van der Waals surface area contributed by atoms with Gasteiger partial charge in [0, 0.05) is 50.7 Å². The van der Waals surface area contributed by atoms with Gasteiger partial charge in [-0.2, -0.15) is 0 Å². The van der Waals surface area contributed by atoms with Crippen molar-refractivity contribution in [2.75, 3.05) is 37.6 Å². The number of fused-ring (bicyclic) bond motifs is 1. The van der Waals surface area contributed by atoms with E-state index in [2.05, 4.69) is 15.6 Å². The van der Waals surface area contributed by atoms with Crippen LogP contribution in [-0.2, 0) is 21.3 Å². The van der Waals surface area contributed by atoms with E-state index >= 15 is 0 Å². The molecule has 3 heterocycles.